The van der Waals surface area contributed by atoms with E-state index in [4.69, 9.17) is 0 Å². The lowest BCUT2D eigenvalue weighted by atomic mass is 10.0. The van der Waals surface area contributed by atoms with Gasteiger partial charge in [0.2, 0.25) is 0 Å². The van der Waals surface area contributed by atoms with Crippen LogP contribution in [0.15, 0.2) is 47.0 Å². The van der Waals surface area contributed by atoms with Crippen LogP contribution in [0, 0.1) is 29.6 Å². The third-order valence-electron chi connectivity index (χ3n) is 4.69. The SMILES string of the molecule is Brc1cccc(/C=C/C2[C@@H]3[C@H]2[C@H]2C=C[C@@H]3C2)c1. The summed E-state index contributed by atoms with van der Waals surface area (Å²) < 4.78 is 1.16. The quantitative estimate of drug-likeness (QED) is 0.701. The summed E-state index contributed by atoms with van der Waals surface area (Å²) in [6, 6.07) is 8.53. The molecule has 1 heteroatoms. The van der Waals surface area contributed by atoms with Gasteiger partial charge in [0.1, 0.15) is 0 Å². The summed E-state index contributed by atoms with van der Waals surface area (Å²) in [7, 11) is 0. The standard InChI is InChI=1S/C16H15Br/c17-13-3-1-2-10(8-13)4-7-14-15-11-5-6-12(9-11)16(14)15/h1-8,11-12,14-16H,9H2/b7-4+/t11-,12+,14?,15-,16+. The summed E-state index contributed by atoms with van der Waals surface area (Å²) >= 11 is 3.52. The number of benzene rings is 1. The van der Waals surface area contributed by atoms with E-state index < -0.39 is 0 Å². The molecule has 1 unspecified atom stereocenters. The van der Waals surface area contributed by atoms with Crippen molar-refractivity contribution in [2.75, 3.05) is 0 Å². The lowest BCUT2D eigenvalue weighted by Gasteiger charge is -2.04. The number of rotatable bonds is 2. The van der Waals surface area contributed by atoms with Crippen LogP contribution in [0.5, 0.6) is 0 Å². The predicted molar refractivity (Wildman–Crippen MR) is 74.4 cm³/mol. The Hall–Kier alpha value is -0.820. The Morgan fingerprint density at radius 2 is 1.88 bits per heavy atom. The zero-order valence-corrected chi connectivity index (χ0v) is 11.2. The Bertz CT molecular complexity index is 496. The highest BCUT2D eigenvalue weighted by Crippen LogP contribution is 2.67. The van der Waals surface area contributed by atoms with Crippen molar-refractivity contribution < 1.29 is 0 Å². The molecule has 3 aliphatic rings. The van der Waals surface area contributed by atoms with E-state index >= 15 is 0 Å². The van der Waals surface area contributed by atoms with Gasteiger partial charge in [-0.3, -0.25) is 0 Å². The van der Waals surface area contributed by atoms with Gasteiger partial charge in [-0.1, -0.05) is 52.4 Å². The maximum atomic E-state index is 3.52. The Labute approximate surface area is 111 Å². The smallest absolute Gasteiger partial charge is 0.0181 e. The Balaban J connectivity index is 1.50. The molecule has 86 valence electrons. The van der Waals surface area contributed by atoms with Gasteiger partial charge in [0.25, 0.3) is 0 Å². The van der Waals surface area contributed by atoms with Crippen molar-refractivity contribution in [3.63, 3.8) is 0 Å². The summed E-state index contributed by atoms with van der Waals surface area (Å²) in [5, 5.41) is 0. The van der Waals surface area contributed by atoms with Gasteiger partial charge in [-0.05, 0) is 53.7 Å². The van der Waals surface area contributed by atoms with Gasteiger partial charge in [0.05, 0.1) is 0 Å². The molecule has 0 aromatic heterocycles. The van der Waals surface area contributed by atoms with Gasteiger partial charge in [-0.15, -0.1) is 0 Å². The second-order valence-electron chi connectivity index (χ2n) is 5.59. The molecule has 17 heavy (non-hydrogen) atoms. The monoisotopic (exact) mass is 286 g/mol. The van der Waals surface area contributed by atoms with Crippen molar-refractivity contribution in [1.29, 1.82) is 0 Å². The first kappa shape index (κ1) is 10.1. The Kier molecular flexibility index (Phi) is 2.14. The van der Waals surface area contributed by atoms with Crippen molar-refractivity contribution in [3.8, 4) is 0 Å². The van der Waals surface area contributed by atoms with E-state index in [0.717, 1.165) is 34.1 Å². The molecule has 4 rings (SSSR count). The average Bonchev–Trinajstić information content (AvgIpc) is 2.72. The number of hydrogen-bond donors (Lipinski definition) is 0. The molecular weight excluding hydrogens is 272 g/mol. The maximum Gasteiger partial charge on any atom is 0.0181 e. The first-order chi connectivity index (χ1) is 8.33. The fourth-order valence-electron chi connectivity index (χ4n) is 3.94. The minimum absolute atomic E-state index is 0.854. The summed E-state index contributed by atoms with van der Waals surface area (Å²) in [6.45, 7) is 0. The topological polar surface area (TPSA) is 0 Å². The highest BCUT2D eigenvalue weighted by molar-refractivity contribution is 9.10. The molecule has 0 saturated heterocycles. The van der Waals surface area contributed by atoms with Crippen molar-refractivity contribution in [2.45, 2.75) is 6.42 Å². The lowest BCUT2D eigenvalue weighted by Crippen LogP contribution is -1.96. The van der Waals surface area contributed by atoms with Gasteiger partial charge in [-0.25, -0.2) is 0 Å². The normalized spacial score (nSPS) is 41.1. The van der Waals surface area contributed by atoms with E-state index in [1.54, 1.807) is 0 Å². The van der Waals surface area contributed by atoms with Gasteiger partial charge in [0, 0.05) is 4.47 Å². The maximum absolute atomic E-state index is 3.52. The molecule has 1 aromatic rings. The molecule has 1 aromatic carbocycles. The molecule has 5 atom stereocenters. The number of hydrogen-bond acceptors (Lipinski definition) is 0. The lowest BCUT2D eigenvalue weighted by molar-refractivity contribution is 0.530. The van der Waals surface area contributed by atoms with Crippen LogP contribution in [0.3, 0.4) is 0 Å². The fraction of sp³-hybridized carbons (Fsp3) is 0.375. The van der Waals surface area contributed by atoms with Crippen molar-refractivity contribution in [3.05, 3.63) is 52.5 Å². The van der Waals surface area contributed by atoms with Gasteiger partial charge in [-0.2, -0.15) is 0 Å². The molecule has 2 bridgehead atoms. The predicted octanol–water partition coefficient (Wildman–Crippen LogP) is 4.53. The van der Waals surface area contributed by atoms with Crippen LogP contribution in [-0.2, 0) is 0 Å². The van der Waals surface area contributed by atoms with Crippen LogP contribution >= 0.6 is 15.9 Å². The van der Waals surface area contributed by atoms with E-state index in [0.29, 0.717) is 0 Å². The molecule has 0 heterocycles. The van der Waals surface area contributed by atoms with Crippen LogP contribution < -0.4 is 0 Å². The first-order valence-electron chi connectivity index (χ1n) is 6.45. The van der Waals surface area contributed by atoms with E-state index in [9.17, 15) is 0 Å². The van der Waals surface area contributed by atoms with Crippen molar-refractivity contribution in [2.24, 2.45) is 29.6 Å². The third kappa shape index (κ3) is 1.55. The molecule has 0 amide bonds. The molecule has 3 aliphatic carbocycles. The summed E-state index contributed by atoms with van der Waals surface area (Å²) in [5.74, 6) is 4.62. The van der Waals surface area contributed by atoms with Crippen LogP contribution in [0.1, 0.15) is 12.0 Å². The summed E-state index contributed by atoms with van der Waals surface area (Å²) in [5.41, 5.74) is 1.31. The van der Waals surface area contributed by atoms with Crippen LogP contribution in [0.4, 0.5) is 0 Å². The van der Waals surface area contributed by atoms with Gasteiger partial charge < -0.3 is 0 Å². The number of fused-ring (bicyclic) bond motifs is 5. The first-order valence-corrected chi connectivity index (χ1v) is 7.24. The molecule has 0 N–H and O–H groups in total. The minimum Gasteiger partial charge on any atom is -0.0848 e. The fourth-order valence-corrected chi connectivity index (χ4v) is 4.36. The summed E-state index contributed by atoms with van der Waals surface area (Å²) in [4.78, 5) is 0. The minimum atomic E-state index is 0.854. The zero-order chi connectivity index (χ0) is 11.4. The zero-order valence-electron chi connectivity index (χ0n) is 9.59. The highest BCUT2D eigenvalue weighted by Gasteiger charge is 2.61. The Morgan fingerprint density at radius 1 is 1.12 bits per heavy atom. The second kappa shape index (κ2) is 3.58. The van der Waals surface area contributed by atoms with E-state index in [1.807, 2.05) is 0 Å². The molecule has 0 spiro atoms. The van der Waals surface area contributed by atoms with E-state index in [-0.39, 0.29) is 0 Å². The van der Waals surface area contributed by atoms with E-state index in [2.05, 4.69) is 64.5 Å². The molecule has 0 nitrogen and oxygen atoms in total. The molecule has 0 radical (unpaired) electrons. The Morgan fingerprint density at radius 3 is 2.59 bits per heavy atom. The summed E-state index contributed by atoms with van der Waals surface area (Å²) in [6.07, 6.45) is 11.1. The molecule has 0 aliphatic heterocycles. The van der Waals surface area contributed by atoms with Crippen molar-refractivity contribution >= 4 is 22.0 Å². The van der Waals surface area contributed by atoms with E-state index in [1.165, 1.54) is 12.0 Å². The molecule has 2 fully saturated rings. The molecular formula is C16H15Br. The van der Waals surface area contributed by atoms with Crippen LogP contribution in [0.2, 0.25) is 0 Å². The van der Waals surface area contributed by atoms with Crippen molar-refractivity contribution in [1.82, 2.24) is 0 Å². The third-order valence-corrected chi connectivity index (χ3v) is 5.18. The van der Waals surface area contributed by atoms with Gasteiger partial charge in [0.15, 0.2) is 0 Å². The van der Waals surface area contributed by atoms with Crippen LogP contribution in [-0.4, -0.2) is 0 Å². The average molecular weight is 287 g/mol. The van der Waals surface area contributed by atoms with Crippen LogP contribution in [0.25, 0.3) is 6.08 Å². The van der Waals surface area contributed by atoms with Gasteiger partial charge >= 0.3 is 0 Å². The second-order valence-corrected chi connectivity index (χ2v) is 6.51. The molecule has 2 saturated carbocycles. The largest absolute Gasteiger partial charge is 0.0848 e. The number of halogens is 1. The highest BCUT2D eigenvalue weighted by atomic mass is 79.9. The number of allylic oxidation sites excluding steroid dienone is 3.